The first-order valence-electron chi connectivity index (χ1n) is 9.61. The van der Waals surface area contributed by atoms with Gasteiger partial charge in [0.25, 0.3) is 0 Å². The van der Waals surface area contributed by atoms with Crippen molar-refractivity contribution in [2.45, 2.75) is 26.2 Å². The molecule has 3 amide bonds. The molecule has 2 aromatic rings. The number of halogens is 1. The molecular weight excluding hydrogens is 373 g/mol. The van der Waals surface area contributed by atoms with Crippen LogP contribution >= 0.6 is 0 Å². The molecule has 0 spiro atoms. The van der Waals surface area contributed by atoms with E-state index in [0.717, 1.165) is 0 Å². The molecule has 0 unspecified atom stereocenters. The number of benzene rings is 2. The summed E-state index contributed by atoms with van der Waals surface area (Å²) < 4.78 is 13.3. The van der Waals surface area contributed by atoms with Gasteiger partial charge in [0.15, 0.2) is 0 Å². The van der Waals surface area contributed by atoms with Crippen LogP contribution in [0.4, 0.5) is 15.8 Å². The molecule has 2 aromatic carbocycles. The summed E-state index contributed by atoms with van der Waals surface area (Å²) in [5.74, 6) is -0.866. The minimum Gasteiger partial charge on any atom is -0.342 e. The molecule has 0 aromatic heterocycles. The second-order valence-electron chi connectivity index (χ2n) is 7.21. The third kappa shape index (κ3) is 5.88. The Morgan fingerprint density at radius 2 is 1.66 bits per heavy atom. The minimum absolute atomic E-state index is 0.0579. The molecule has 0 saturated carbocycles. The van der Waals surface area contributed by atoms with Gasteiger partial charge in [-0.3, -0.25) is 14.4 Å². The summed E-state index contributed by atoms with van der Waals surface area (Å²) in [5.41, 5.74) is 1.88. The number of carbonyl (C=O) groups excluding carboxylic acids is 3. The second-order valence-corrected chi connectivity index (χ2v) is 7.21. The SMILES string of the molecule is CC(=O)Nc1cccc(NC(=O)C2CCN(C(=O)Cc3cccc(F)c3)CC2)c1. The average Bonchev–Trinajstić information content (AvgIpc) is 2.68. The molecule has 0 radical (unpaired) electrons. The van der Waals surface area contributed by atoms with Crippen LogP contribution in [0.2, 0.25) is 0 Å². The van der Waals surface area contributed by atoms with Gasteiger partial charge in [0.05, 0.1) is 6.42 Å². The second kappa shape index (κ2) is 9.32. The molecule has 152 valence electrons. The standard InChI is InChI=1S/C22H24FN3O3/c1-15(27)24-19-6-3-7-20(14-19)25-22(29)17-8-10-26(11-9-17)21(28)13-16-4-2-5-18(23)12-16/h2-7,12,14,17H,8-11,13H2,1H3,(H,24,27)(H,25,29). The van der Waals surface area contributed by atoms with Crippen molar-refractivity contribution in [3.8, 4) is 0 Å². The fourth-order valence-electron chi connectivity index (χ4n) is 3.45. The number of nitrogens with one attached hydrogen (secondary N) is 2. The first-order valence-corrected chi connectivity index (χ1v) is 9.61. The van der Waals surface area contributed by atoms with Gasteiger partial charge in [-0.05, 0) is 48.7 Å². The van der Waals surface area contributed by atoms with Crippen molar-refractivity contribution in [2.24, 2.45) is 5.92 Å². The highest BCUT2D eigenvalue weighted by Crippen LogP contribution is 2.22. The third-order valence-corrected chi connectivity index (χ3v) is 4.91. The molecule has 0 aliphatic carbocycles. The molecule has 3 rings (SSSR count). The number of rotatable bonds is 5. The Balaban J connectivity index is 1.50. The maximum atomic E-state index is 13.3. The number of nitrogens with zero attached hydrogens (tertiary/aromatic N) is 1. The molecule has 29 heavy (non-hydrogen) atoms. The molecule has 1 aliphatic rings. The van der Waals surface area contributed by atoms with Crippen LogP contribution in [0.5, 0.6) is 0 Å². The highest BCUT2D eigenvalue weighted by molar-refractivity contribution is 5.94. The number of piperidine rings is 1. The van der Waals surface area contributed by atoms with E-state index in [1.165, 1.54) is 19.1 Å². The zero-order chi connectivity index (χ0) is 20.8. The molecule has 1 heterocycles. The van der Waals surface area contributed by atoms with Gasteiger partial charge in [-0.2, -0.15) is 0 Å². The van der Waals surface area contributed by atoms with E-state index in [2.05, 4.69) is 10.6 Å². The monoisotopic (exact) mass is 397 g/mol. The third-order valence-electron chi connectivity index (χ3n) is 4.91. The number of amides is 3. The summed E-state index contributed by atoms with van der Waals surface area (Å²) in [4.78, 5) is 37.9. The summed E-state index contributed by atoms with van der Waals surface area (Å²) in [6.45, 7) is 2.42. The summed E-state index contributed by atoms with van der Waals surface area (Å²) >= 11 is 0. The van der Waals surface area contributed by atoms with Crippen LogP contribution in [0.3, 0.4) is 0 Å². The molecular formula is C22H24FN3O3. The Morgan fingerprint density at radius 1 is 1.00 bits per heavy atom. The van der Waals surface area contributed by atoms with Gasteiger partial charge < -0.3 is 15.5 Å². The predicted molar refractivity (Wildman–Crippen MR) is 109 cm³/mol. The lowest BCUT2D eigenvalue weighted by Gasteiger charge is -2.31. The first kappa shape index (κ1) is 20.5. The van der Waals surface area contributed by atoms with E-state index >= 15 is 0 Å². The Kier molecular flexibility index (Phi) is 6.59. The number of hydrogen-bond acceptors (Lipinski definition) is 3. The molecule has 0 atom stereocenters. The van der Waals surface area contributed by atoms with Crippen molar-refractivity contribution in [3.05, 3.63) is 59.9 Å². The fourth-order valence-corrected chi connectivity index (χ4v) is 3.45. The van der Waals surface area contributed by atoms with E-state index in [-0.39, 0.29) is 35.9 Å². The fraction of sp³-hybridized carbons (Fsp3) is 0.318. The number of likely N-dealkylation sites (tertiary alicyclic amines) is 1. The minimum atomic E-state index is -0.353. The van der Waals surface area contributed by atoms with Crippen molar-refractivity contribution in [1.29, 1.82) is 0 Å². The van der Waals surface area contributed by atoms with Gasteiger partial charge in [0, 0.05) is 37.3 Å². The van der Waals surface area contributed by atoms with Crippen LogP contribution in [-0.4, -0.2) is 35.7 Å². The van der Waals surface area contributed by atoms with Crippen molar-refractivity contribution >= 4 is 29.1 Å². The molecule has 2 N–H and O–H groups in total. The zero-order valence-corrected chi connectivity index (χ0v) is 16.3. The van der Waals surface area contributed by atoms with Crippen LogP contribution in [-0.2, 0) is 20.8 Å². The topological polar surface area (TPSA) is 78.5 Å². The summed E-state index contributed by atoms with van der Waals surface area (Å²) in [6.07, 6.45) is 1.31. The van der Waals surface area contributed by atoms with Crippen molar-refractivity contribution < 1.29 is 18.8 Å². The maximum Gasteiger partial charge on any atom is 0.227 e. The number of hydrogen-bond donors (Lipinski definition) is 2. The van der Waals surface area contributed by atoms with Gasteiger partial charge in [0.1, 0.15) is 5.82 Å². The number of carbonyl (C=O) groups is 3. The molecule has 6 nitrogen and oxygen atoms in total. The molecule has 1 aliphatic heterocycles. The summed E-state index contributed by atoms with van der Waals surface area (Å²) in [7, 11) is 0. The molecule has 1 saturated heterocycles. The lowest BCUT2D eigenvalue weighted by Crippen LogP contribution is -2.42. The van der Waals surface area contributed by atoms with Gasteiger partial charge >= 0.3 is 0 Å². The Bertz CT molecular complexity index is 908. The Morgan fingerprint density at radius 3 is 2.31 bits per heavy atom. The quantitative estimate of drug-likeness (QED) is 0.813. The lowest BCUT2D eigenvalue weighted by atomic mass is 9.95. The van der Waals surface area contributed by atoms with Gasteiger partial charge in [-0.25, -0.2) is 4.39 Å². The zero-order valence-electron chi connectivity index (χ0n) is 16.3. The van der Waals surface area contributed by atoms with E-state index in [1.807, 2.05) is 0 Å². The van der Waals surface area contributed by atoms with Gasteiger partial charge in [0.2, 0.25) is 17.7 Å². The average molecular weight is 397 g/mol. The van der Waals surface area contributed by atoms with E-state index in [4.69, 9.17) is 0 Å². The maximum absolute atomic E-state index is 13.3. The van der Waals surface area contributed by atoms with Crippen LogP contribution in [0, 0.1) is 11.7 Å². The van der Waals surface area contributed by atoms with E-state index in [0.29, 0.717) is 42.9 Å². The molecule has 1 fully saturated rings. The van der Waals surface area contributed by atoms with Crippen LogP contribution < -0.4 is 10.6 Å². The summed E-state index contributed by atoms with van der Waals surface area (Å²) in [5, 5.41) is 5.56. The van der Waals surface area contributed by atoms with Crippen molar-refractivity contribution in [3.63, 3.8) is 0 Å². The lowest BCUT2D eigenvalue weighted by molar-refractivity contribution is -0.133. The van der Waals surface area contributed by atoms with E-state index < -0.39 is 0 Å². The Labute approximate surface area is 169 Å². The highest BCUT2D eigenvalue weighted by Gasteiger charge is 2.27. The molecule has 7 heteroatoms. The summed E-state index contributed by atoms with van der Waals surface area (Å²) in [6, 6.07) is 13.0. The first-order chi connectivity index (χ1) is 13.9. The van der Waals surface area contributed by atoms with Crippen LogP contribution in [0.1, 0.15) is 25.3 Å². The molecule has 0 bridgehead atoms. The van der Waals surface area contributed by atoms with E-state index in [1.54, 1.807) is 41.3 Å². The van der Waals surface area contributed by atoms with E-state index in [9.17, 15) is 18.8 Å². The normalized spacial score (nSPS) is 14.3. The van der Waals surface area contributed by atoms with Crippen LogP contribution in [0.15, 0.2) is 48.5 Å². The van der Waals surface area contributed by atoms with Crippen molar-refractivity contribution in [1.82, 2.24) is 4.90 Å². The number of anilines is 2. The smallest absolute Gasteiger partial charge is 0.227 e. The van der Waals surface area contributed by atoms with Crippen LogP contribution in [0.25, 0.3) is 0 Å². The predicted octanol–water partition coefficient (Wildman–Crippen LogP) is 3.20. The van der Waals surface area contributed by atoms with Crippen molar-refractivity contribution in [2.75, 3.05) is 23.7 Å². The van der Waals surface area contributed by atoms with Gasteiger partial charge in [-0.15, -0.1) is 0 Å². The largest absolute Gasteiger partial charge is 0.342 e. The highest BCUT2D eigenvalue weighted by atomic mass is 19.1. The Hall–Kier alpha value is -3.22. The van der Waals surface area contributed by atoms with Gasteiger partial charge in [-0.1, -0.05) is 18.2 Å².